The van der Waals surface area contributed by atoms with Crippen LogP contribution in [0.25, 0.3) is 5.57 Å². The summed E-state index contributed by atoms with van der Waals surface area (Å²) < 4.78 is 0. The molecule has 0 radical (unpaired) electrons. The zero-order chi connectivity index (χ0) is 9.84. The number of hydrogen-bond acceptors (Lipinski definition) is 2. The van der Waals surface area contributed by atoms with E-state index in [1.54, 1.807) is 6.20 Å². The molecule has 4 heteroatoms. The Kier molecular flexibility index (Phi) is 3.88. The van der Waals surface area contributed by atoms with Crippen molar-refractivity contribution >= 4 is 33.1 Å². The zero-order valence-electron chi connectivity index (χ0n) is 7.35. The SMILES string of the molecule is C=C(CC)c1nc(Cl)ncc1CBr. The van der Waals surface area contributed by atoms with E-state index in [2.05, 4.69) is 32.5 Å². The molecule has 0 N–H and O–H groups in total. The van der Waals surface area contributed by atoms with Crippen LogP contribution < -0.4 is 0 Å². The van der Waals surface area contributed by atoms with Crippen molar-refractivity contribution in [1.29, 1.82) is 0 Å². The first-order valence-electron chi connectivity index (χ1n) is 3.94. The maximum Gasteiger partial charge on any atom is 0.222 e. The first kappa shape index (κ1) is 10.7. The maximum absolute atomic E-state index is 5.70. The van der Waals surface area contributed by atoms with Gasteiger partial charge in [0.25, 0.3) is 0 Å². The second kappa shape index (κ2) is 4.72. The molecule has 0 amide bonds. The van der Waals surface area contributed by atoms with Crippen molar-refractivity contribution in [3.63, 3.8) is 0 Å². The third-order valence-electron chi connectivity index (χ3n) is 1.74. The minimum absolute atomic E-state index is 0.273. The van der Waals surface area contributed by atoms with Crippen LogP contribution in [0.4, 0.5) is 0 Å². The summed E-state index contributed by atoms with van der Waals surface area (Å²) in [5.41, 5.74) is 2.87. The lowest BCUT2D eigenvalue weighted by Crippen LogP contribution is -1.96. The Hall–Kier alpha value is -0.410. The van der Waals surface area contributed by atoms with Gasteiger partial charge in [-0.15, -0.1) is 0 Å². The van der Waals surface area contributed by atoms with Crippen molar-refractivity contribution in [3.8, 4) is 0 Å². The van der Waals surface area contributed by atoms with E-state index >= 15 is 0 Å². The predicted molar refractivity (Wildman–Crippen MR) is 59.0 cm³/mol. The number of alkyl halides is 1. The Labute approximate surface area is 91.2 Å². The van der Waals surface area contributed by atoms with Crippen LogP contribution in [0.5, 0.6) is 0 Å². The van der Waals surface area contributed by atoms with Gasteiger partial charge in [0.15, 0.2) is 0 Å². The number of hydrogen-bond donors (Lipinski definition) is 0. The summed E-state index contributed by atoms with van der Waals surface area (Å²) in [7, 11) is 0. The fourth-order valence-electron chi connectivity index (χ4n) is 0.957. The van der Waals surface area contributed by atoms with Gasteiger partial charge in [0.1, 0.15) is 0 Å². The maximum atomic E-state index is 5.70. The summed E-state index contributed by atoms with van der Waals surface area (Å²) in [4.78, 5) is 8.05. The van der Waals surface area contributed by atoms with E-state index in [1.807, 2.05) is 6.92 Å². The van der Waals surface area contributed by atoms with Crippen molar-refractivity contribution in [1.82, 2.24) is 9.97 Å². The van der Waals surface area contributed by atoms with Gasteiger partial charge in [-0.05, 0) is 23.6 Å². The third-order valence-corrected chi connectivity index (χ3v) is 2.53. The summed E-state index contributed by atoms with van der Waals surface area (Å²) in [6.45, 7) is 5.96. The molecule has 0 unspecified atom stereocenters. The molecule has 0 atom stereocenters. The largest absolute Gasteiger partial charge is 0.226 e. The zero-order valence-corrected chi connectivity index (χ0v) is 9.69. The highest BCUT2D eigenvalue weighted by atomic mass is 79.9. The van der Waals surface area contributed by atoms with Crippen LogP contribution in [0.1, 0.15) is 24.6 Å². The molecule has 0 fully saturated rings. The molecule has 2 nitrogen and oxygen atoms in total. The molecule has 1 aromatic heterocycles. The molecular formula is C9H10BrClN2. The van der Waals surface area contributed by atoms with Crippen LogP contribution >= 0.6 is 27.5 Å². The van der Waals surface area contributed by atoms with Gasteiger partial charge >= 0.3 is 0 Å². The second-order valence-electron chi connectivity index (χ2n) is 2.60. The molecule has 0 aliphatic carbocycles. The Morgan fingerprint density at radius 1 is 1.69 bits per heavy atom. The average molecular weight is 262 g/mol. The summed E-state index contributed by atoms with van der Waals surface area (Å²) in [6, 6.07) is 0. The fourth-order valence-corrected chi connectivity index (χ4v) is 1.50. The molecule has 0 aliphatic heterocycles. The Bertz CT molecular complexity index is 325. The minimum Gasteiger partial charge on any atom is -0.226 e. The molecule has 0 bridgehead atoms. The van der Waals surface area contributed by atoms with E-state index < -0.39 is 0 Å². The van der Waals surface area contributed by atoms with Crippen LogP contribution in [-0.2, 0) is 5.33 Å². The average Bonchev–Trinajstić information content (AvgIpc) is 2.16. The van der Waals surface area contributed by atoms with E-state index in [0.717, 1.165) is 28.6 Å². The predicted octanol–water partition coefficient (Wildman–Crippen LogP) is 3.45. The van der Waals surface area contributed by atoms with Gasteiger partial charge in [0.2, 0.25) is 5.28 Å². The van der Waals surface area contributed by atoms with E-state index in [9.17, 15) is 0 Å². The molecule has 0 saturated carbocycles. The summed E-state index contributed by atoms with van der Waals surface area (Å²) in [5, 5.41) is 0.993. The van der Waals surface area contributed by atoms with Crippen molar-refractivity contribution in [2.45, 2.75) is 18.7 Å². The first-order chi connectivity index (χ1) is 6.19. The lowest BCUT2D eigenvalue weighted by Gasteiger charge is -2.06. The molecule has 13 heavy (non-hydrogen) atoms. The van der Waals surface area contributed by atoms with Crippen LogP contribution in [0.3, 0.4) is 0 Å². The third kappa shape index (κ3) is 2.51. The van der Waals surface area contributed by atoms with Gasteiger partial charge < -0.3 is 0 Å². The highest BCUT2D eigenvalue weighted by Gasteiger charge is 2.07. The Morgan fingerprint density at radius 2 is 2.38 bits per heavy atom. The van der Waals surface area contributed by atoms with Gasteiger partial charge in [-0.3, -0.25) is 0 Å². The molecule has 70 valence electrons. The summed E-state index contributed by atoms with van der Waals surface area (Å²) in [6.07, 6.45) is 2.59. The van der Waals surface area contributed by atoms with Crippen LogP contribution in [0, 0.1) is 0 Å². The van der Waals surface area contributed by atoms with Crippen molar-refractivity contribution in [3.05, 3.63) is 29.3 Å². The molecule has 1 aromatic rings. The minimum atomic E-state index is 0.273. The number of rotatable bonds is 3. The van der Waals surface area contributed by atoms with Crippen molar-refractivity contribution in [2.75, 3.05) is 0 Å². The number of allylic oxidation sites excluding steroid dienone is 1. The van der Waals surface area contributed by atoms with Crippen molar-refractivity contribution in [2.24, 2.45) is 0 Å². The molecule has 0 aliphatic rings. The topological polar surface area (TPSA) is 25.8 Å². The monoisotopic (exact) mass is 260 g/mol. The molecule has 0 aromatic carbocycles. The van der Waals surface area contributed by atoms with E-state index in [-0.39, 0.29) is 5.28 Å². The standard InChI is InChI=1S/C9H10BrClN2/c1-3-6(2)8-7(4-10)5-12-9(11)13-8/h5H,2-4H2,1H3. The van der Waals surface area contributed by atoms with Crippen LogP contribution in [0.2, 0.25) is 5.28 Å². The van der Waals surface area contributed by atoms with Crippen molar-refractivity contribution < 1.29 is 0 Å². The van der Waals surface area contributed by atoms with E-state index in [0.29, 0.717) is 0 Å². The van der Waals surface area contributed by atoms with Gasteiger partial charge in [-0.1, -0.05) is 29.4 Å². The summed E-state index contributed by atoms with van der Waals surface area (Å²) in [5.74, 6) is 0. The van der Waals surface area contributed by atoms with Gasteiger partial charge in [-0.2, -0.15) is 0 Å². The normalized spacial score (nSPS) is 10.1. The highest BCUT2D eigenvalue weighted by Crippen LogP contribution is 2.20. The first-order valence-corrected chi connectivity index (χ1v) is 5.44. The van der Waals surface area contributed by atoms with Gasteiger partial charge in [0, 0.05) is 17.1 Å². The lowest BCUT2D eigenvalue weighted by molar-refractivity contribution is 1.07. The molecular weight excluding hydrogens is 251 g/mol. The second-order valence-corrected chi connectivity index (χ2v) is 3.50. The summed E-state index contributed by atoms with van der Waals surface area (Å²) >= 11 is 9.06. The molecule has 1 rings (SSSR count). The quantitative estimate of drug-likeness (QED) is 0.615. The van der Waals surface area contributed by atoms with E-state index in [4.69, 9.17) is 11.6 Å². The Morgan fingerprint density at radius 3 is 2.92 bits per heavy atom. The fraction of sp³-hybridized carbons (Fsp3) is 0.333. The van der Waals surface area contributed by atoms with Crippen LogP contribution in [0.15, 0.2) is 12.8 Å². The van der Waals surface area contributed by atoms with E-state index in [1.165, 1.54) is 0 Å². The lowest BCUT2D eigenvalue weighted by atomic mass is 10.1. The highest BCUT2D eigenvalue weighted by molar-refractivity contribution is 9.08. The Balaban J connectivity index is 3.15. The van der Waals surface area contributed by atoms with Gasteiger partial charge in [-0.25, -0.2) is 9.97 Å². The molecule has 1 heterocycles. The number of aromatic nitrogens is 2. The van der Waals surface area contributed by atoms with Crippen LogP contribution in [-0.4, -0.2) is 9.97 Å². The van der Waals surface area contributed by atoms with Gasteiger partial charge in [0.05, 0.1) is 5.69 Å². The molecule has 0 saturated heterocycles. The number of nitrogens with zero attached hydrogens (tertiary/aromatic N) is 2. The smallest absolute Gasteiger partial charge is 0.222 e. The number of halogens is 2. The molecule has 0 spiro atoms.